The Morgan fingerprint density at radius 3 is 2.82 bits per heavy atom. The molecule has 1 heterocycles. The van der Waals surface area contributed by atoms with E-state index in [1.165, 1.54) is 0 Å². The van der Waals surface area contributed by atoms with Gasteiger partial charge in [0.25, 0.3) is 0 Å². The van der Waals surface area contributed by atoms with Crippen LogP contribution < -0.4 is 5.32 Å². The lowest BCUT2D eigenvalue weighted by Crippen LogP contribution is -1.98. The Morgan fingerprint density at radius 2 is 2.09 bits per heavy atom. The summed E-state index contributed by atoms with van der Waals surface area (Å²) in [5, 5.41) is 13.1. The van der Waals surface area contributed by atoms with Crippen molar-refractivity contribution in [1.82, 2.24) is 9.97 Å². The molecule has 22 heavy (non-hydrogen) atoms. The van der Waals surface area contributed by atoms with E-state index in [0.29, 0.717) is 32.7 Å². The SMILES string of the molecule is Cc1cc(C(=O)O)c2nc(Nc3cccc(Cl)c3Cl)[nH]c2c1. The van der Waals surface area contributed by atoms with Crippen molar-refractivity contribution in [2.45, 2.75) is 6.92 Å². The number of aromatic carboxylic acids is 1. The van der Waals surface area contributed by atoms with Gasteiger partial charge >= 0.3 is 5.97 Å². The molecule has 0 amide bonds. The molecule has 3 rings (SSSR count). The number of imidazole rings is 1. The van der Waals surface area contributed by atoms with Crippen molar-refractivity contribution in [3.05, 3.63) is 51.5 Å². The molecule has 7 heteroatoms. The fraction of sp³-hybridized carbons (Fsp3) is 0.0667. The first-order chi connectivity index (χ1) is 10.5. The zero-order valence-electron chi connectivity index (χ0n) is 11.4. The van der Waals surface area contributed by atoms with Crippen LogP contribution in [0.3, 0.4) is 0 Å². The molecule has 0 spiro atoms. The monoisotopic (exact) mass is 335 g/mol. The Labute approximate surface area is 135 Å². The summed E-state index contributed by atoms with van der Waals surface area (Å²) in [7, 11) is 0. The van der Waals surface area contributed by atoms with Crippen LogP contribution in [0, 0.1) is 6.92 Å². The minimum absolute atomic E-state index is 0.150. The number of carboxylic acid groups (broad SMARTS) is 1. The van der Waals surface area contributed by atoms with Crippen molar-refractivity contribution in [1.29, 1.82) is 0 Å². The number of hydrogen-bond acceptors (Lipinski definition) is 3. The summed E-state index contributed by atoms with van der Waals surface area (Å²) in [6, 6.07) is 8.61. The van der Waals surface area contributed by atoms with Crippen molar-refractivity contribution in [3.8, 4) is 0 Å². The van der Waals surface area contributed by atoms with Crippen molar-refractivity contribution < 1.29 is 9.90 Å². The molecule has 0 atom stereocenters. The van der Waals surface area contributed by atoms with E-state index in [-0.39, 0.29) is 5.56 Å². The number of fused-ring (bicyclic) bond motifs is 1. The Hall–Kier alpha value is -2.24. The summed E-state index contributed by atoms with van der Waals surface area (Å²) >= 11 is 12.1. The first-order valence-corrected chi connectivity index (χ1v) is 7.16. The Morgan fingerprint density at radius 1 is 1.32 bits per heavy atom. The molecule has 0 aliphatic carbocycles. The molecule has 0 unspecified atom stereocenters. The number of aryl methyl sites for hydroxylation is 1. The van der Waals surface area contributed by atoms with Gasteiger partial charge in [-0.3, -0.25) is 0 Å². The van der Waals surface area contributed by atoms with Crippen LogP contribution in [0.25, 0.3) is 11.0 Å². The fourth-order valence-electron chi connectivity index (χ4n) is 2.21. The minimum atomic E-state index is -1.02. The van der Waals surface area contributed by atoms with Gasteiger partial charge in [0.15, 0.2) is 0 Å². The average Bonchev–Trinajstić information content (AvgIpc) is 2.85. The molecule has 3 aromatic rings. The second-order valence-corrected chi connectivity index (χ2v) is 5.61. The maximum Gasteiger partial charge on any atom is 0.337 e. The van der Waals surface area contributed by atoms with E-state index in [0.717, 1.165) is 5.56 Å². The van der Waals surface area contributed by atoms with Crippen molar-refractivity contribution in [2.24, 2.45) is 0 Å². The molecule has 0 radical (unpaired) electrons. The molecular formula is C15H11Cl2N3O2. The topological polar surface area (TPSA) is 78.0 Å². The fourth-order valence-corrected chi connectivity index (χ4v) is 2.56. The van der Waals surface area contributed by atoms with Crippen LogP contribution >= 0.6 is 23.2 Å². The number of hydrogen-bond donors (Lipinski definition) is 3. The number of H-pyrrole nitrogens is 1. The van der Waals surface area contributed by atoms with Crippen LogP contribution in [-0.4, -0.2) is 21.0 Å². The summed E-state index contributed by atoms with van der Waals surface area (Å²) in [5.74, 6) is -0.625. The van der Waals surface area contributed by atoms with Crippen molar-refractivity contribution >= 4 is 51.8 Å². The van der Waals surface area contributed by atoms with Gasteiger partial charge < -0.3 is 15.4 Å². The summed E-state index contributed by atoms with van der Waals surface area (Å²) in [6.45, 7) is 1.83. The highest BCUT2D eigenvalue weighted by Gasteiger charge is 2.14. The number of nitrogens with zero attached hydrogens (tertiary/aromatic N) is 1. The van der Waals surface area contributed by atoms with Gasteiger partial charge in [0, 0.05) is 0 Å². The lowest BCUT2D eigenvalue weighted by Gasteiger charge is -2.05. The molecule has 0 fully saturated rings. The van der Waals surface area contributed by atoms with E-state index in [4.69, 9.17) is 23.2 Å². The molecule has 3 N–H and O–H groups in total. The van der Waals surface area contributed by atoms with Crippen LogP contribution in [0.4, 0.5) is 11.6 Å². The van der Waals surface area contributed by atoms with E-state index in [1.807, 2.05) is 13.0 Å². The third-order valence-corrected chi connectivity index (χ3v) is 3.98. The molecule has 0 bridgehead atoms. The van der Waals surface area contributed by atoms with E-state index in [9.17, 15) is 9.90 Å². The number of carbonyl (C=O) groups is 1. The van der Waals surface area contributed by atoms with Crippen molar-refractivity contribution in [3.63, 3.8) is 0 Å². The van der Waals surface area contributed by atoms with Crippen LogP contribution in [0.2, 0.25) is 10.0 Å². The second-order valence-electron chi connectivity index (χ2n) is 4.83. The van der Waals surface area contributed by atoms with Crippen LogP contribution in [-0.2, 0) is 0 Å². The minimum Gasteiger partial charge on any atom is -0.478 e. The molecule has 112 valence electrons. The standard InChI is InChI=1S/C15H11Cl2N3O2/c1-7-5-8(14(21)22)13-11(6-7)19-15(20-13)18-10-4-2-3-9(16)12(10)17/h2-6H,1H3,(H,21,22)(H2,18,19,20). The zero-order valence-corrected chi connectivity index (χ0v) is 13.0. The summed E-state index contributed by atoms with van der Waals surface area (Å²) < 4.78 is 0. The lowest BCUT2D eigenvalue weighted by molar-refractivity contribution is 0.0698. The second kappa shape index (κ2) is 5.51. The molecule has 0 aliphatic rings. The summed E-state index contributed by atoms with van der Waals surface area (Å²) in [4.78, 5) is 18.7. The first-order valence-electron chi connectivity index (χ1n) is 6.40. The smallest absolute Gasteiger partial charge is 0.337 e. The van der Waals surface area contributed by atoms with Gasteiger partial charge in [-0.25, -0.2) is 9.78 Å². The highest BCUT2D eigenvalue weighted by Crippen LogP contribution is 2.31. The van der Waals surface area contributed by atoms with Gasteiger partial charge in [0.1, 0.15) is 5.52 Å². The number of carboxylic acids is 1. The number of halogens is 2. The predicted molar refractivity (Wildman–Crippen MR) is 87.5 cm³/mol. The average molecular weight is 336 g/mol. The Balaban J connectivity index is 2.07. The highest BCUT2D eigenvalue weighted by molar-refractivity contribution is 6.43. The number of anilines is 2. The van der Waals surface area contributed by atoms with Crippen LogP contribution in [0.1, 0.15) is 15.9 Å². The maximum absolute atomic E-state index is 11.3. The molecular weight excluding hydrogens is 325 g/mol. The van der Waals surface area contributed by atoms with E-state index < -0.39 is 5.97 Å². The number of benzene rings is 2. The maximum atomic E-state index is 11.3. The molecule has 0 aliphatic heterocycles. The normalized spacial score (nSPS) is 10.9. The van der Waals surface area contributed by atoms with Crippen LogP contribution in [0.5, 0.6) is 0 Å². The van der Waals surface area contributed by atoms with Crippen molar-refractivity contribution in [2.75, 3.05) is 5.32 Å². The molecule has 5 nitrogen and oxygen atoms in total. The highest BCUT2D eigenvalue weighted by atomic mass is 35.5. The largest absolute Gasteiger partial charge is 0.478 e. The van der Waals surface area contributed by atoms with Gasteiger partial charge in [-0.15, -0.1) is 0 Å². The lowest BCUT2D eigenvalue weighted by atomic mass is 10.1. The number of rotatable bonds is 3. The van der Waals surface area contributed by atoms with Gasteiger partial charge in [0.05, 0.1) is 26.8 Å². The first kappa shape index (κ1) is 14.7. The van der Waals surface area contributed by atoms with Gasteiger partial charge in [0.2, 0.25) is 5.95 Å². The third kappa shape index (κ3) is 2.61. The number of aromatic nitrogens is 2. The predicted octanol–water partition coefficient (Wildman–Crippen LogP) is 4.62. The van der Waals surface area contributed by atoms with Crippen LogP contribution in [0.15, 0.2) is 30.3 Å². The molecule has 2 aromatic carbocycles. The zero-order chi connectivity index (χ0) is 15.9. The van der Waals surface area contributed by atoms with Gasteiger partial charge in [-0.1, -0.05) is 29.3 Å². The Bertz CT molecular complexity index is 890. The van der Waals surface area contributed by atoms with Gasteiger partial charge in [-0.05, 0) is 36.8 Å². The summed E-state index contributed by atoms with van der Waals surface area (Å²) in [6.07, 6.45) is 0. The third-order valence-electron chi connectivity index (χ3n) is 3.17. The number of nitrogens with one attached hydrogen (secondary N) is 2. The summed E-state index contributed by atoms with van der Waals surface area (Å²) in [5.41, 5.74) is 2.59. The quantitative estimate of drug-likeness (QED) is 0.652. The Kier molecular flexibility index (Phi) is 3.68. The van der Waals surface area contributed by atoms with Gasteiger partial charge in [-0.2, -0.15) is 0 Å². The van der Waals surface area contributed by atoms with E-state index in [2.05, 4.69) is 15.3 Å². The molecule has 0 saturated carbocycles. The number of aromatic amines is 1. The van der Waals surface area contributed by atoms with E-state index in [1.54, 1.807) is 24.3 Å². The molecule has 1 aromatic heterocycles. The van der Waals surface area contributed by atoms with E-state index >= 15 is 0 Å². The molecule has 0 saturated heterocycles.